The van der Waals surface area contributed by atoms with Crippen molar-refractivity contribution in [3.63, 3.8) is 0 Å². The molecule has 2 aliphatic rings. The van der Waals surface area contributed by atoms with E-state index in [0.717, 1.165) is 0 Å². The molecule has 0 amide bonds. The molecule has 98 valence electrons. The first kappa shape index (κ1) is 12.9. The van der Waals surface area contributed by atoms with E-state index in [1.165, 1.54) is 18.2 Å². The zero-order valence-electron chi connectivity index (χ0n) is 9.15. The number of hydrogen-bond donors (Lipinski definition) is 1. The van der Waals surface area contributed by atoms with Gasteiger partial charge in [-0.1, -0.05) is 0 Å². The lowest BCUT2D eigenvalue weighted by Crippen LogP contribution is -2.05. The van der Waals surface area contributed by atoms with Crippen LogP contribution in [0.4, 0.5) is 13.2 Å². The molecule has 0 atom stereocenters. The zero-order chi connectivity index (χ0) is 13.8. The van der Waals surface area contributed by atoms with Crippen molar-refractivity contribution in [2.24, 2.45) is 0 Å². The average molecular weight is 394 g/mol. The maximum Gasteiger partial charge on any atom is 0.417 e. The highest BCUT2D eigenvalue weighted by atomic mass is 79.9. The van der Waals surface area contributed by atoms with Crippen LogP contribution in [-0.4, -0.2) is 9.97 Å². The second kappa shape index (κ2) is 4.21. The lowest BCUT2D eigenvalue weighted by molar-refractivity contribution is -0.135. The van der Waals surface area contributed by atoms with Crippen LogP contribution in [0.15, 0.2) is 33.5 Å². The van der Waals surface area contributed by atoms with Crippen LogP contribution in [0.3, 0.4) is 0 Å². The molecule has 2 heterocycles. The predicted molar refractivity (Wildman–Crippen MR) is 73.1 cm³/mol. The highest BCUT2D eigenvalue weighted by Gasteiger charge is 2.39. The molecule has 0 saturated carbocycles. The Bertz CT molecular complexity index is 749. The Kier molecular flexibility index (Phi) is 2.86. The first-order chi connectivity index (χ1) is 8.88. The Morgan fingerprint density at radius 3 is 2.47 bits per heavy atom. The Hall–Kier alpha value is -1.08. The van der Waals surface area contributed by atoms with Crippen molar-refractivity contribution in [2.75, 3.05) is 0 Å². The van der Waals surface area contributed by atoms with Crippen molar-refractivity contribution in [1.29, 1.82) is 0 Å². The molecule has 1 N–H and O–H groups in total. The number of aromatic nitrogens is 2. The first-order valence-corrected chi connectivity index (χ1v) is 6.80. The van der Waals surface area contributed by atoms with Crippen LogP contribution in [-0.2, 0) is 6.18 Å². The number of aromatic amines is 1. The molecule has 2 nitrogen and oxygen atoms in total. The molecule has 0 radical (unpaired) electrons. The maximum atomic E-state index is 13.2. The number of nitrogens with zero attached hydrogens (tertiary/aromatic N) is 1. The van der Waals surface area contributed by atoms with Crippen LogP contribution in [0.5, 0.6) is 0 Å². The van der Waals surface area contributed by atoms with Crippen LogP contribution in [0.25, 0.3) is 22.2 Å². The summed E-state index contributed by atoms with van der Waals surface area (Å²) in [6.45, 7) is 0. The third-order valence-electron chi connectivity index (χ3n) is 2.83. The van der Waals surface area contributed by atoms with Gasteiger partial charge in [0.15, 0.2) is 0 Å². The molecule has 0 bridgehead atoms. The van der Waals surface area contributed by atoms with Gasteiger partial charge in [0.2, 0.25) is 0 Å². The van der Waals surface area contributed by atoms with Gasteiger partial charge in [-0.3, -0.25) is 0 Å². The summed E-state index contributed by atoms with van der Waals surface area (Å²) in [7, 11) is 0. The van der Waals surface area contributed by atoms with Gasteiger partial charge < -0.3 is 4.98 Å². The minimum absolute atomic E-state index is 0.0973. The average Bonchev–Trinajstić information content (AvgIpc) is 2.62. The van der Waals surface area contributed by atoms with E-state index in [0.29, 0.717) is 20.4 Å². The van der Waals surface area contributed by atoms with E-state index in [1.807, 2.05) is 0 Å². The molecular weight excluding hydrogens is 389 g/mol. The van der Waals surface area contributed by atoms with Gasteiger partial charge in [-0.25, -0.2) is 4.98 Å². The molecule has 19 heavy (non-hydrogen) atoms. The summed E-state index contributed by atoms with van der Waals surface area (Å²) in [5, 5.41) is 0.0973. The van der Waals surface area contributed by atoms with E-state index < -0.39 is 11.7 Å². The first-order valence-electron chi connectivity index (χ1n) is 5.21. The second-order valence-corrected chi connectivity index (χ2v) is 5.66. The van der Waals surface area contributed by atoms with Gasteiger partial charge in [-0.2, -0.15) is 13.2 Å². The molecular formula is C12H5Br2F3N2. The Morgan fingerprint density at radius 2 is 1.79 bits per heavy atom. The third kappa shape index (κ3) is 2.04. The van der Waals surface area contributed by atoms with Gasteiger partial charge >= 0.3 is 6.18 Å². The van der Waals surface area contributed by atoms with Gasteiger partial charge in [-0.15, -0.1) is 0 Å². The fourth-order valence-corrected chi connectivity index (χ4v) is 2.78. The Morgan fingerprint density at radius 1 is 1.05 bits per heavy atom. The van der Waals surface area contributed by atoms with Gasteiger partial charge in [0.25, 0.3) is 0 Å². The van der Waals surface area contributed by atoms with E-state index in [2.05, 4.69) is 41.8 Å². The lowest BCUT2D eigenvalue weighted by Gasteiger charge is -2.08. The van der Waals surface area contributed by atoms with Crippen molar-refractivity contribution >= 4 is 42.8 Å². The molecule has 0 fully saturated rings. The molecule has 3 rings (SSSR count). The third-order valence-corrected chi connectivity index (χ3v) is 3.73. The molecule has 1 aromatic rings. The number of rotatable bonds is 0. The predicted octanol–water partition coefficient (Wildman–Crippen LogP) is 5.21. The maximum absolute atomic E-state index is 13.2. The number of hydrogen-bond acceptors (Lipinski definition) is 1. The van der Waals surface area contributed by atoms with Crippen molar-refractivity contribution in [3.8, 4) is 11.3 Å². The summed E-state index contributed by atoms with van der Waals surface area (Å²) in [6.07, 6.45) is -4.42. The molecule has 0 spiro atoms. The van der Waals surface area contributed by atoms with Crippen LogP contribution < -0.4 is 0 Å². The van der Waals surface area contributed by atoms with E-state index in [9.17, 15) is 13.2 Å². The monoisotopic (exact) mass is 392 g/mol. The normalized spacial score (nSPS) is 12.5. The Balaban J connectivity index is 2.53. The van der Waals surface area contributed by atoms with E-state index in [-0.39, 0.29) is 10.9 Å². The smallest absolute Gasteiger partial charge is 0.347 e. The molecule has 0 unspecified atom stereocenters. The minimum atomic E-state index is -4.42. The highest BCUT2D eigenvalue weighted by molar-refractivity contribution is 9.10. The van der Waals surface area contributed by atoms with Crippen molar-refractivity contribution in [1.82, 2.24) is 9.97 Å². The summed E-state index contributed by atoms with van der Waals surface area (Å²) >= 11 is 6.40. The summed E-state index contributed by atoms with van der Waals surface area (Å²) in [5.74, 6) is 0. The number of pyridine rings is 2. The largest absolute Gasteiger partial charge is 0.417 e. The van der Waals surface area contributed by atoms with Crippen molar-refractivity contribution in [3.05, 3.63) is 39.0 Å². The molecule has 0 saturated heterocycles. The lowest BCUT2D eigenvalue weighted by atomic mass is 10.1. The minimum Gasteiger partial charge on any atom is -0.347 e. The summed E-state index contributed by atoms with van der Waals surface area (Å²) in [5.41, 5.74) is 0.147. The van der Waals surface area contributed by atoms with E-state index in [4.69, 9.17) is 0 Å². The van der Waals surface area contributed by atoms with Crippen molar-refractivity contribution in [2.45, 2.75) is 6.18 Å². The standard InChI is InChI=1S/C12H5Br2F3N2/c13-7-3-1-5-9(12(15,16)17)6-2-4-8(14)19-11(6)10(5)18-7/h1-4,18H. The van der Waals surface area contributed by atoms with Gasteiger partial charge in [0.1, 0.15) is 4.60 Å². The summed E-state index contributed by atoms with van der Waals surface area (Å²) in [4.78, 5) is 7.03. The molecule has 1 aliphatic carbocycles. The van der Waals surface area contributed by atoms with Crippen LogP contribution in [0.2, 0.25) is 0 Å². The fourth-order valence-electron chi connectivity index (χ4n) is 2.14. The Labute approximate surface area is 122 Å². The number of fused-ring (bicyclic) bond motifs is 3. The quantitative estimate of drug-likeness (QED) is 0.521. The molecule has 7 heteroatoms. The fraction of sp³-hybridized carbons (Fsp3) is 0.0833. The van der Waals surface area contributed by atoms with Crippen LogP contribution in [0.1, 0.15) is 5.56 Å². The van der Waals surface area contributed by atoms with E-state index in [1.54, 1.807) is 6.07 Å². The number of nitrogens with one attached hydrogen (secondary N) is 1. The molecule has 0 aromatic carbocycles. The number of halogens is 5. The van der Waals surface area contributed by atoms with Crippen molar-refractivity contribution < 1.29 is 13.2 Å². The molecule has 1 aromatic heterocycles. The van der Waals surface area contributed by atoms with Gasteiger partial charge in [0, 0.05) is 10.9 Å². The summed E-state index contributed by atoms with van der Waals surface area (Å²) < 4.78 is 40.7. The highest BCUT2D eigenvalue weighted by Crippen LogP contribution is 2.46. The topological polar surface area (TPSA) is 28.7 Å². The zero-order valence-corrected chi connectivity index (χ0v) is 12.3. The van der Waals surface area contributed by atoms with E-state index >= 15 is 0 Å². The van der Waals surface area contributed by atoms with Gasteiger partial charge in [0.05, 0.1) is 21.4 Å². The van der Waals surface area contributed by atoms with Crippen LogP contribution in [0, 0.1) is 0 Å². The van der Waals surface area contributed by atoms with Gasteiger partial charge in [-0.05, 0) is 56.1 Å². The SMILES string of the molecule is FC(F)(F)c1c2ccc(Br)[nH]c-2c2nc(Br)ccc12. The van der Waals surface area contributed by atoms with Crippen LogP contribution >= 0.6 is 31.9 Å². The number of H-pyrrole nitrogens is 1. The molecule has 1 aliphatic heterocycles. The number of alkyl halides is 3. The second-order valence-electron chi connectivity index (χ2n) is 4.00. The summed E-state index contributed by atoms with van der Waals surface area (Å²) in [6, 6.07) is 5.92.